The van der Waals surface area contributed by atoms with Crippen molar-refractivity contribution in [1.29, 1.82) is 0 Å². The highest BCUT2D eigenvalue weighted by Gasteiger charge is 2.12. The van der Waals surface area contributed by atoms with Gasteiger partial charge in [0.05, 0.1) is 13.0 Å². The molecule has 3 aromatic carbocycles. The molecule has 0 heterocycles. The van der Waals surface area contributed by atoms with Crippen LogP contribution in [0.25, 0.3) is 11.1 Å². The number of carboxylic acids is 1. The molecule has 3 rings (SSSR count). The van der Waals surface area contributed by atoms with Crippen molar-refractivity contribution in [1.82, 2.24) is 0 Å². The minimum absolute atomic E-state index is 0.0546. The molecular weight excluding hydrogens is 404 g/mol. The first-order valence-corrected chi connectivity index (χ1v) is 10.6. The highest BCUT2D eigenvalue weighted by Crippen LogP contribution is 2.31. The zero-order valence-electron chi connectivity index (χ0n) is 18.6. The molecular formula is C27H28O5. The number of aryl methyl sites for hydroxylation is 1. The molecule has 0 amide bonds. The molecule has 1 atom stereocenters. The number of carboxylic acid groups (broad SMARTS) is 1. The van der Waals surface area contributed by atoms with Gasteiger partial charge in [-0.15, -0.1) is 0 Å². The minimum Gasteiger partial charge on any atom is -0.493 e. The van der Waals surface area contributed by atoms with Gasteiger partial charge in [-0.25, -0.2) is 0 Å². The maximum atomic E-state index is 10.8. The van der Waals surface area contributed by atoms with Crippen molar-refractivity contribution in [3.63, 3.8) is 0 Å². The van der Waals surface area contributed by atoms with Gasteiger partial charge in [-0.2, -0.15) is 0 Å². The van der Waals surface area contributed by atoms with Crippen molar-refractivity contribution >= 4 is 12.3 Å². The van der Waals surface area contributed by atoms with Gasteiger partial charge in [0.2, 0.25) is 0 Å². The van der Waals surface area contributed by atoms with Crippen LogP contribution in [0.5, 0.6) is 11.5 Å². The highest BCUT2D eigenvalue weighted by molar-refractivity contribution is 5.75. The monoisotopic (exact) mass is 432 g/mol. The standard InChI is InChI=1S/C27H28O5/c1-18(13-27(29)30)16-31-24-11-12-25(19(2)14-24)26-6-4-5-22(20(26)3)17-32-23-9-7-21(15-28)8-10-23/h4-12,14-15,18H,13,16-17H2,1-3H3,(H,29,30)/t18-/m0/s1. The van der Waals surface area contributed by atoms with Crippen LogP contribution in [0.3, 0.4) is 0 Å². The summed E-state index contributed by atoms with van der Waals surface area (Å²) in [6.07, 6.45) is 0.902. The van der Waals surface area contributed by atoms with E-state index < -0.39 is 5.97 Å². The lowest BCUT2D eigenvalue weighted by Crippen LogP contribution is -2.13. The van der Waals surface area contributed by atoms with Crippen LogP contribution in [0.4, 0.5) is 0 Å². The van der Waals surface area contributed by atoms with Crippen molar-refractivity contribution in [3.8, 4) is 22.6 Å². The van der Waals surface area contributed by atoms with E-state index in [4.69, 9.17) is 14.6 Å². The summed E-state index contributed by atoms with van der Waals surface area (Å²) >= 11 is 0. The average molecular weight is 433 g/mol. The SMILES string of the molecule is Cc1cc(OC[C@@H](C)CC(=O)O)ccc1-c1cccc(COc2ccc(C=O)cc2)c1C. The summed E-state index contributed by atoms with van der Waals surface area (Å²) in [5, 5.41) is 8.88. The summed E-state index contributed by atoms with van der Waals surface area (Å²) in [5.41, 5.74) is 6.18. The number of hydrogen-bond donors (Lipinski definition) is 1. The number of aldehydes is 1. The van der Waals surface area contributed by atoms with Gasteiger partial charge in [0.15, 0.2) is 0 Å². The van der Waals surface area contributed by atoms with Gasteiger partial charge in [0.1, 0.15) is 24.4 Å². The third-order valence-electron chi connectivity index (χ3n) is 5.40. The molecule has 0 fully saturated rings. The molecule has 0 saturated carbocycles. The van der Waals surface area contributed by atoms with Crippen molar-refractivity contribution < 1.29 is 24.2 Å². The Morgan fingerprint density at radius 1 is 0.969 bits per heavy atom. The van der Waals surface area contributed by atoms with E-state index in [0.717, 1.165) is 45.6 Å². The van der Waals surface area contributed by atoms with Gasteiger partial charge in [0.25, 0.3) is 0 Å². The van der Waals surface area contributed by atoms with Crippen LogP contribution in [0.2, 0.25) is 0 Å². The minimum atomic E-state index is -0.815. The number of aliphatic carboxylic acids is 1. The number of ether oxygens (including phenoxy) is 2. The van der Waals surface area contributed by atoms with E-state index in [0.29, 0.717) is 18.8 Å². The van der Waals surface area contributed by atoms with E-state index in [1.807, 2.05) is 38.1 Å². The second-order valence-corrected chi connectivity index (χ2v) is 8.06. The maximum absolute atomic E-state index is 10.8. The molecule has 0 aliphatic carbocycles. The lowest BCUT2D eigenvalue weighted by molar-refractivity contribution is -0.138. The number of hydrogen-bond acceptors (Lipinski definition) is 4. The largest absolute Gasteiger partial charge is 0.493 e. The molecule has 5 nitrogen and oxygen atoms in total. The fraction of sp³-hybridized carbons (Fsp3) is 0.259. The molecule has 1 N–H and O–H groups in total. The molecule has 32 heavy (non-hydrogen) atoms. The van der Waals surface area contributed by atoms with Crippen LogP contribution in [0.1, 0.15) is 40.4 Å². The van der Waals surface area contributed by atoms with Crippen LogP contribution in [0.15, 0.2) is 60.7 Å². The average Bonchev–Trinajstić information content (AvgIpc) is 2.77. The summed E-state index contributed by atoms with van der Waals surface area (Å²) in [4.78, 5) is 21.6. The Kier molecular flexibility index (Phi) is 7.66. The predicted molar refractivity (Wildman–Crippen MR) is 124 cm³/mol. The van der Waals surface area contributed by atoms with Crippen molar-refractivity contribution in [2.75, 3.05) is 6.61 Å². The number of carbonyl (C=O) groups is 2. The number of benzene rings is 3. The fourth-order valence-corrected chi connectivity index (χ4v) is 3.56. The van der Waals surface area contributed by atoms with Crippen molar-refractivity contribution in [2.45, 2.75) is 33.8 Å². The molecule has 3 aromatic rings. The smallest absolute Gasteiger partial charge is 0.303 e. The maximum Gasteiger partial charge on any atom is 0.303 e. The molecule has 5 heteroatoms. The first kappa shape index (κ1) is 23.1. The first-order chi connectivity index (χ1) is 15.4. The van der Waals surface area contributed by atoms with Crippen LogP contribution in [-0.2, 0) is 11.4 Å². The van der Waals surface area contributed by atoms with E-state index in [2.05, 4.69) is 19.1 Å². The molecule has 0 unspecified atom stereocenters. The van der Waals surface area contributed by atoms with E-state index in [1.54, 1.807) is 24.3 Å². The van der Waals surface area contributed by atoms with E-state index in [1.165, 1.54) is 0 Å². The second-order valence-electron chi connectivity index (χ2n) is 8.06. The Bertz CT molecular complexity index is 1090. The number of rotatable bonds is 10. The van der Waals surface area contributed by atoms with Gasteiger partial charge >= 0.3 is 5.97 Å². The molecule has 0 spiro atoms. The summed E-state index contributed by atoms with van der Waals surface area (Å²) in [6.45, 7) is 6.79. The predicted octanol–water partition coefficient (Wildman–Crippen LogP) is 5.85. The highest BCUT2D eigenvalue weighted by atomic mass is 16.5. The molecule has 0 radical (unpaired) electrons. The van der Waals surface area contributed by atoms with Crippen LogP contribution in [-0.4, -0.2) is 24.0 Å². The van der Waals surface area contributed by atoms with Crippen LogP contribution >= 0.6 is 0 Å². The second kappa shape index (κ2) is 10.6. The van der Waals surface area contributed by atoms with E-state index in [-0.39, 0.29) is 12.3 Å². The quantitative estimate of drug-likeness (QED) is 0.407. The van der Waals surface area contributed by atoms with E-state index >= 15 is 0 Å². The zero-order chi connectivity index (χ0) is 23.1. The molecule has 0 aliphatic rings. The lowest BCUT2D eigenvalue weighted by Gasteiger charge is -2.16. The summed E-state index contributed by atoms with van der Waals surface area (Å²) in [6, 6.07) is 19.2. The Morgan fingerprint density at radius 3 is 2.34 bits per heavy atom. The summed E-state index contributed by atoms with van der Waals surface area (Å²) in [5.74, 6) is 0.584. The van der Waals surface area contributed by atoms with Gasteiger partial charge in [0, 0.05) is 11.5 Å². The van der Waals surface area contributed by atoms with Gasteiger partial charge in [-0.05, 0) is 78.1 Å². The van der Waals surface area contributed by atoms with Gasteiger partial charge in [-0.3, -0.25) is 9.59 Å². The molecule has 0 bridgehead atoms. The third kappa shape index (κ3) is 5.97. The van der Waals surface area contributed by atoms with Crippen molar-refractivity contribution in [3.05, 3.63) is 82.9 Å². The first-order valence-electron chi connectivity index (χ1n) is 10.6. The Morgan fingerprint density at radius 2 is 1.69 bits per heavy atom. The summed E-state index contributed by atoms with van der Waals surface area (Å²) in [7, 11) is 0. The van der Waals surface area contributed by atoms with Gasteiger partial charge < -0.3 is 14.6 Å². The van der Waals surface area contributed by atoms with Gasteiger partial charge in [-0.1, -0.05) is 31.2 Å². The molecule has 0 saturated heterocycles. The number of carbonyl (C=O) groups excluding carboxylic acids is 1. The normalized spacial score (nSPS) is 11.6. The molecule has 0 aromatic heterocycles. The van der Waals surface area contributed by atoms with E-state index in [9.17, 15) is 9.59 Å². The topological polar surface area (TPSA) is 72.8 Å². The molecule has 166 valence electrons. The van der Waals surface area contributed by atoms with Crippen molar-refractivity contribution in [2.24, 2.45) is 5.92 Å². The molecule has 0 aliphatic heterocycles. The summed E-state index contributed by atoms with van der Waals surface area (Å²) < 4.78 is 11.7. The fourth-order valence-electron chi connectivity index (χ4n) is 3.56. The third-order valence-corrected chi connectivity index (χ3v) is 5.40. The Balaban J connectivity index is 1.72. The van der Waals surface area contributed by atoms with Crippen LogP contribution < -0.4 is 9.47 Å². The zero-order valence-corrected chi connectivity index (χ0v) is 18.6. The van der Waals surface area contributed by atoms with Crippen LogP contribution in [0, 0.1) is 19.8 Å². The lowest BCUT2D eigenvalue weighted by atomic mass is 9.93. The Hall–Kier alpha value is -3.60. The Labute approximate surface area is 188 Å².